The summed E-state index contributed by atoms with van der Waals surface area (Å²) < 4.78 is 5.25. The SMILES string of the molecule is CCOc1cc(/C=N/NC(=O)C(=O)Nc2ccc(Cl)cc2)ccc1O. The zero-order valence-electron chi connectivity index (χ0n) is 13.3. The molecule has 0 saturated heterocycles. The molecule has 0 fully saturated rings. The van der Waals surface area contributed by atoms with Gasteiger partial charge in [-0.05, 0) is 55.0 Å². The molecular formula is C17H16ClN3O4. The van der Waals surface area contributed by atoms with E-state index in [1.165, 1.54) is 12.3 Å². The second kappa shape index (κ2) is 8.70. The third-order valence-electron chi connectivity index (χ3n) is 2.97. The monoisotopic (exact) mass is 361 g/mol. The number of carbonyl (C=O) groups is 2. The van der Waals surface area contributed by atoms with E-state index < -0.39 is 11.8 Å². The van der Waals surface area contributed by atoms with Gasteiger partial charge < -0.3 is 15.2 Å². The number of nitrogens with one attached hydrogen (secondary N) is 2. The van der Waals surface area contributed by atoms with Crippen LogP contribution >= 0.6 is 11.6 Å². The lowest BCUT2D eigenvalue weighted by molar-refractivity contribution is -0.136. The van der Waals surface area contributed by atoms with E-state index in [4.69, 9.17) is 16.3 Å². The Kier molecular flexibility index (Phi) is 6.36. The van der Waals surface area contributed by atoms with Crippen molar-refractivity contribution in [1.82, 2.24) is 5.43 Å². The summed E-state index contributed by atoms with van der Waals surface area (Å²) in [5.74, 6) is -1.47. The Morgan fingerprint density at radius 2 is 1.92 bits per heavy atom. The number of hydrazone groups is 1. The number of nitrogens with zero attached hydrogens (tertiary/aromatic N) is 1. The fourth-order valence-corrected chi connectivity index (χ4v) is 1.95. The second-order valence-corrected chi connectivity index (χ2v) is 5.26. The van der Waals surface area contributed by atoms with Gasteiger partial charge in [-0.1, -0.05) is 11.6 Å². The van der Waals surface area contributed by atoms with Crippen LogP contribution in [0, 0.1) is 0 Å². The molecule has 0 bridgehead atoms. The molecule has 2 rings (SSSR count). The Morgan fingerprint density at radius 3 is 2.60 bits per heavy atom. The number of hydrogen-bond acceptors (Lipinski definition) is 5. The molecule has 0 radical (unpaired) electrons. The Bertz CT molecular complexity index is 791. The van der Waals surface area contributed by atoms with Crippen molar-refractivity contribution < 1.29 is 19.4 Å². The van der Waals surface area contributed by atoms with Crippen molar-refractivity contribution in [2.45, 2.75) is 6.92 Å². The second-order valence-electron chi connectivity index (χ2n) is 4.82. The van der Waals surface area contributed by atoms with E-state index in [-0.39, 0.29) is 5.75 Å². The van der Waals surface area contributed by atoms with Crippen molar-refractivity contribution >= 4 is 35.3 Å². The number of carbonyl (C=O) groups excluding carboxylic acids is 2. The van der Waals surface area contributed by atoms with Crippen LogP contribution in [0.5, 0.6) is 11.5 Å². The van der Waals surface area contributed by atoms with Crippen molar-refractivity contribution in [2.24, 2.45) is 5.10 Å². The molecule has 7 nitrogen and oxygen atoms in total. The summed E-state index contributed by atoms with van der Waals surface area (Å²) in [5.41, 5.74) is 3.14. The molecule has 0 aliphatic heterocycles. The van der Waals surface area contributed by atoms with Crippen LogP contribution in [0.1, 0.15) is 12.5 Å². The van der Waals surface area contributed by atoms with E-state index in [1.54, 1.807) is 43.3 Å². The molecule has 130 valence electrons. The average Bonchev–Trinajstić information content (AvgIpc) is 2.59. The first kappa shape index (κ1) is 18.3. The summed E-state index contributed by atoms with van der Waals surface area (Å²) in [4.78, 5) is 23.4. The van der Waals surface area contributed by atoms with Crippen molar-refractivity contribution in [3.05, 3.63) is 53.1 Å². The van der Waals surface area contributed by atoms with Gasteiger partial charge in [0.05, 0.1) is 12.8 Å². The van der Waals surface area contributed by atoms with Gasteiger partial charge in [-0.25, -0.2) is 5.43 Å². The van der Waals surface area contributed by atoms with E-state index in [0.717, 1.165) is 0 Å². The Morgan fingerprint density at radius 1 is 1.20 bits per heavy atom. The summed E-state index contributed by atoms with van der Waals surface area (Å²) >= 11 is 5.74. The Hall–Kier alpha value is -3.06. The highest BCUT2D eigenvalue weighted by molar-refractivity contribution is 6.39. The van der Waals surface area contributed by atoms with Crippen molar-refractivity contribution in [2.75, 3.05) is 11.9 Å². The maximum Gasteiger partial charge on any atom is 0.329 e. The summed E-state index contributed by atoms with van der Waals surface area (Å²) in [6, 6.07) is 10.9. The molecule has 0 aromatic heterocycles. The maximum absolute atomic E-state index is 11.7. The van der Waals surface area contributed by atoms with Crippen LogP contribution in [-0.4, -0.2) is 29.7 Å². The molecule has 2 aromatic carbocycles. The molecule has 25 heavy (non-hydrogen) atoms. The van der Waals surface area contributed by atoms with Gasteiger partial charge in [-0.3, -0.25) is 9.59 Å². The van der Waals surface area contributed by atoms with Crippen LogP contribution < -0.4 is 15.5 Å². The molecule has 0 heterocycles. The minimum Gasteiger partial charge on any atom is -0.504 e. The number of rotatable bonds is 5. The third-order valence-corrected chi connectivity index (χ3v) is 3.22. The molecule has 0 unspecified atom stereocenters. The van der Waals surface area contributed by atoms with Gasteiger partial charge in [-0.15, -0.1) is 0 Å². The Labute approximate surface area is 149 Å². The minimum absolute atomic E-state index is 0.00498. The van der Waals surface area contributed by atoms with Crippen LogP contribution in [0.2, 0.25) is 5.02 Å². The molecule has 2 amide bonds. The molecule has 0 aliphatic carbocycles. The molecule has 0 saturated carbocycles. The first-order valence-electron chi connectivity index (χ1n) is 7.35. The van der Waals surface area contributed by atoms with Crippen LogP contribution in [0.4, 0.5) is 5.69 Å². The number of phenolic OH excluding ortho intramolecular Hbond substituents is 1. The fraction of sp³-hybridized carbons (Fsp3) is 0.118. The van der Waals surface area contributed by atoms with Gasteiger partial charge in [0.15, 0.2) is 11.5 Å². The van der Waals surface area contributed by atoms with Gasteiger partial charge in [0.2, 0.25) is 0 Å². The first-order valence-corrected chi connectivity index (χ1v) is 7.73. The predicted octanol–water partition coefficient (Wildman–Crippen LogP) is 2.53. The number of anilines is 1. The molecule has 8 heteroatoms. The van der Waals surface area contributed by atoms with Gasteiger partial charge in [-0.2, -0.15) is 5.10 Å². The normalized spacial score (nSPS) is 10.5. The highest BCUT2D eigenvalue weighted by Crippen LogP contribution is 2.26. The zero-order valence-corrected chi connectivity index (χ0v) is 14.1. The molecule has 0 atom stereocenters. The summed E-state index contributed by atoms with van der Waals surface area (Å²) in [6.45, 7) is 2.19. The number of halogens is 1. The number of phenols is 1. The number of hydrogen-bond donors (Lipinski definition) is 3. The summed E-state index contributed by atoms with van der Waals surface area (Å²) in [5, 5.41) is 16.2. The number of benzene rings is 2. The summed E-state index contributed by atoms with van der Waals surface area (Å²) in [6.07, 6.45) is 1.33. The predicted molar refractivity (Wildman–Crippen MR) is 95.1 cm³/mol. The topological polar surface area (TPSA) is 100 Å². The number of aromatic hydroxyl groups is 1. The van der Waals surface area contributed by atoms with Crippen molar-refractivity contribution in [3.8, 4) is 11.5 Å². The van der Waals surface area contributed by atoms with Crippen LogP contribution in [-0.2, 0) is 9.59 Å². The first-order chi connectivity index (χ1) is 12.0. The van der Waals surface area contributed by atoms with Crippen LogP contribution in [0.15, 0.2) is 47.6 Å². The summed E-state index contributed by atoms with van der Waals surface area (Å²) in [7, 11) is 0. The molecule has 0 spiro atoms. The van der Waals surface area contributed by atoms with Crippen molar-refractivity contribution in [1.29, 1.82) is 0 Å². The lowest BCUT2D eigenvalue weighted by Crippen LogP contribution is -2.32. The average molecular weight is 362 g/mol. The molecule has 3 N–H and O–H groups in total. The minimum atomic E-state index is -0.921. The third kappa shape index (κ3) is 5.50. The van der Waals surface area contributed by atoms with Crippen LogP contribution in [0.3, 0.4) is 0 Å². The number of ether oxygens (including phenoxy) is 1. The lowest BCUT2D eigenvalue weighted by Gasteiger charge is -2.06. The quantitative estimate of drug-likeness (QED) is 0.433. The highest BCUT2D eigenvalue weighted by Gasteiger charge is 2.12. The molecular weight excluding hydrogens is 346 g/mol. The standard InChI is InChI=1S/C17H16ClN3O4/c1-2-25-15-9-11(3-8-14(15)22)10-19-21-17(24)16(23)20-13-6-4-12(18)5-7-13/h3-10,22H,2H2,1H3,(H,20,23)(H,21,24)/b19-10+. The molecule has 0 aliphatic rings. The van der Waals surface area contributed by atoms with Gasteiger partial charge in [0.1, 0.15) is 0 Å². The fourth-order valence-electron chi connectivity index (χ4n) is 1.82. The van der Waals surface area contributed by atoms with E-state index in [1.807, 2.05) is 0 Å². The van der Waals surface area contributed by atoms with E-state index in [0.29, 0.717) is 28.6 Å². The van der Waals surface area contributed by atoms with Gasteiger partial charge in [0, 0.05) is 10.7 Å². The molecule has 2 aromatic rings. The zero-order chi connectivity index (χ0) is 18.2. The smallest absolute Gasteiger partial charge is 0.329 e. The van der Waals surface area contributed by atoms with Crippen molar-refractivity contribution in [3.63, 3.8) is 0 Å². The lowest BCUT2D eigenvalue weighted by atomic mass is 10.2. The van der Waals surface area contributed by atoms with E-state index >= 15 is 0 Å². The maximum atomic E-state index is 11.7. The van der Waals surface area contributed by atoms with Gasteiger partial charge >= 0.3 is 11.8 Å². The van der Waals surface area contributed by atoms with E-state index in [9.17, 15) is 14.7 Å². The van der Waals surface area contributed by atoms with Crippen LogP contribution in [0.25, 0.3) is 0 Å². The van der Waals surface area contributed by atoms with E-state index in [2.05, 4.69) is 15.8 Å². The van der Waals surface area contributed by atoms with Gasteiger partial charge in [0.25, 0.3) is 0 Å². The number of amides is 2. The highest BCUT2D eigenvalue weighted by atomic mass is 35.5. The Balaban J connectivity index is 1.92. The largest absolute Gasteiger partial charge is 0.504 e.